The summed E-state index contributed by atoms with van der Waals surface area (Å²) in [5.41, 5.74) is 1.65. The summed E-state index contributed by atoms with van der Waals surface area (Å²) in [7, 11) is 0. The number of pyridine rings is 1. The Labute approximate surface area is 143 Å². The lowest BCUT2D eigenvalue weighted by molar-refractivity contribution is -0.0160. The van der Waals surface area contributed by atoms with Gasteiger partial charge in [-0.15, -0.1) is 0 Å². The smallest absolute Gasteiger partial charge is 0.122 e. The predicted molar refractivity (Wildman–Crippen MR) is 92.5 cm³/mol. The first kappa shape index (κ1) is 15.8. The van der Waals surface area contributed by atoms with E-state index in [1.807, 2.05) is 24.7 Å². The van der Waals surface area contributed by atoms with E-state index in [4.69, 9.17) is 4.74 Å². The van der Waals surface area contributed by atoms with Crippen LogP contribution in [-0.4, -0.2) is 45.2 Å². The fourth-order valence-corrected chi connectivity index (χ4v) is 4.18. The maximum atomic E-state index is 6.09. The van der Waals surface area contributed by atoms with Gasteiger partial charge in [0.2, 0.25) is 0 Å². The van der Waals surface area contributed by atoms with Crippen LogP contribution >= 0.6 is 0 Å². The lowest BCUT2D eigenvalue weighted by Crippen LogP contribution is -2.56. The van der Waals surface area contributed by atoms with Gasteiger partial charge in [-0.3, -0.25) is 9.88 Å². The van der Waals surface area contributed by atoms with Crippen LogP contribution in [0, 0.1) is 5.41 Å². The van der Waals surface area contributed by atoms with E-state index in [2.05, 4.69) is 38.6 Å². The van der Waals surface area contributed by atoms with Crippen LogP contribution in [0.5, 0.6) is 0 Å². The van der Waals surface area contributed by atoms with Crippen molar-refractivity contribution < 1.29 is 4.74 Å². The van der Waals surface area contributed by atoms with Gasteiger partial charge in [-0.25, -0.2) is 4.98 Å². The molecule has 0 bridgehead atoms. The molecule has 128 valence electrons. The van der Waals surface area contributed by atoms with E-state index in [1.54, 1.807) is 0 Å². The zero-order chi connectivity index (χ0) is 16.4. The third-order valence-electron chi connectivity index (χ3n) is 5.22. The molecule has 0 amide bonds. The van der Waals surface area contributed by atoms with Gasteiger partial charge in [0.15, 0.2) is 0 Å². The van der Waals surface area contributed by atoms with Crippen LogP contribution in [0.4, 0.5) is 0 Å². The Morgan fingerprint density at radius 2 is 2.25 bits per heavy atom. The van der Waals surface area contributed by atoms with E-state index >= 15 is 0 Å². The first-order chi connectivity index (χ1) is 11.8. The zero-order valence-electron chi connectivity index (χ0n) is 14.4. The van der Waals surface area contributed by atoms with Crippen molar-refractivity contribution >= 4 is 0 Å². The molecule has 2 aliphatic rings. The van der Waals surface area contributed by atoms with Crippen molar-refractivity contribution in [2.24, 2.45) is 5.41 Å². The van der Waals surface area contributed by atoms with Crippen molar-refractivity contribution in [1.82, 2.24) is 19.4 Å². The van der Waals surface area contributed by atoms with Crippen molar-refractivity contribution in [2.45, 2.75) is 45.4 Å². The Bertz CT molecular complexity index is 663. The van der Waals surface area contributed by atoms with Crippen LogP contribution in [0.1, 0.15) is 31.2 Å². The quantitative estimate of drug-likeness (QED) is 0.818. The van der Waals surface area contributed by atoms with Crippen LogP contribution in [0.15, 0.2) is 36.9 Å². The normalized spacial score (nSPS) is 22.8. The van der Waals surface area contributed by atoms with E-state index in [0.29, 0.717) is 11.5 Å². The minimum atomic E-state index is 0.346. The van der Waals surface area contributed by atoms with E-state index in [1.165, 1.54) is 17.8 Å². The number of hydrogen-bond acceptors (Lipinski definition) is 4. The standard InChI is InChI=1S/C19H26N4O/c1-2-7-23-8-6-21-18(23)12-22-13-19(14-22)10-17(24-15-19)9-16-4-3-5-20-11-16/h3-6,8,11,17H,2,7,9-10,12-15H2,1H3/t17-/m0/s1. The van der Waals surface area contributed by atoms with Gasteiger partial charge >= 0.3 is 0 Å². The number of imidazole rings is 1. The molecule has 2 fully saturated rings. The van der Waals surface area contributed by atoms with Gasteiger partial charge in [0.1, 0.15) is 5.82 Å². The largest absolute Gasteiger partial charge is 0.377 e. The van der Waals surface area contributed by atoms with Crippen molar-refractivity contribution in [2.75, 3.05) is 19.7 Å². The fraction of sp³-hybridized carbons (Fsp3) is 0.579. The second-order valence-electron chi connectivity index (χ2n) is 7.38. The molecule has 2 aliphatic heterocycles. The highest BCUT2D eigenvalue weighted by atomic mass is 16.5. The number of aromatic nitrogens is 3. The molecule has 0 unspecified atom stereocenters. The predicted octanol–water partition coefficient (Wildman–Crippen LogP) is 2.52. The fourth-order valence-electron chi connectivity index (χ4n) is 4.18. The van der Waals surface area contributed by atoms with E-state index in [-0.39, 0.29) is 0 Å². The van der Waals surface area contributed by atoms with Gasteiger partial charge in [-0.05, 0) is 24.5 Å². The Balaban J connectivity index is 1.28. The molecule has 0 N–H and O–H groups in total. The first-order valence-corrected chi connectivity index (χ1v) is 8.99. The SMILES string of the molecule is CCCn1ccnc1CN1CC2(CO[C@@H](Cc3cccnc3)C2)C1. The Morgan fingerprint density at radius 3 is 3.04 bits per heavy atom. The average Bonchev–Trinajstić information content (AvgIpc) is 3.16. The highest BCUT2D eigenvalue weighted by molar-refractivity contribution is 5.12. The number of rotatable bonds is 6. The van der Waals surface area contributed by atoms with Crippen LogP contribution in [0.25, 0.3) is 0 Å². The lowest BCUT2D eigenvalue weighted by Gasteiger charge is -2.47. The summed E-state index contributed by atoms with van der Waals surface area (Å²) in [6.07, 6.45) is 11.4. The third kappa shape index (κ3) is 3.23. The summed E-state index contributed by atoms with van der Waals surface area (Å²) in [4.78, 5) is 11.2. The second kappa shape index (κ2) is 6.65. The number of nitrogens with zero attached hydrogens (tertiary/aromatic N) is 4. The van der Waals surface area contributed by atoms with Gasteiger partial charge in [0.25, 0.3) is 0 Å². The molecule has 5 nitrogen and oxygen atoms in total. The van der Waals surface area contributed by atoms with Gasteiger partial charge in [0, 0.05) is 56.3 Å². The molecular formula is C19H26N4O. The van der Waals surface area contributed by atoms with E-state index in [9.17, 15) is 0 Å². The van der Waals surface area contributed by atoms with Crippen LogP contribution < -0.4 is 0 Å². The third-order valence-corrected chi connectivity index (χ3v) is 5.22. The summed E-state index contributed by atoms with van der Waals surface area (Å²) in [5.74, 6) is 1.19. The summed E-state index contributed by atoms with van der Waals surface area (Å²) in [5, 5.41) is 0. The topological polar surface area (TPSA) is 43.2 Å². The number of ether oxygens (including phenoxy) is 1. The van der Waals surface area contributed by atoms with Crippen LogP contribution in [-0.2, 0) is 24.2 Å². The molecule has 4 heterocycles. The number of aryl methyl sites for hydroxylation is 1. The molecule has 4 rings (SSSR count). The molecule has 1 atom stereocenters. The molecule has 0 radical (unpaired) electrons. The molecule has 0 aliphatic carbocycles. The summed E-state index contributed by atoms with van der Waals surface area (Å²) in [6, 6.07) is 4.14. The average molecular weight is 326 g/mol. The monoisotopic (exact) mass is 326 g/mol. The zero-order valence-corrected chi connectivity index (χ0v) is 14.4. The lowest BCUT2D eigenvalue weighted by atomic mass is 9.77. The second-order valence-corrected chi connectivity index (χ2v) is 7.38. The van der Waals surface area contributed by atoms with Gasteiger partial charge in [-0.2, -0.15) is 0 Å². The minimum Gasteiger partial charge on any atom is -0.377 e. The highest BCUT2D eigenvalue weighted by Crippen LogP contribution is 2.42. The maximum Gasteiger partial charge on any atom is 0.122 e. The summed E-state index contributed by atoms with van der Waals surface area (Å²) in [6.45, 7) is 7.40. The minimum absolute atomic E-state index is 0.346. The Hall–Kier alpha value is -1.72. The van der Waals surface area contributed by atoms with Crippen LogP contribution in [0.3, 0.4) is 0 Å². The summed E-state index contributed by atoms with van der Waals surface area (Å²) < 4.78 is 8.36. The van der Waals surface area contributed by atoms with Crippen LogP contribution in [0.2, 0.25) is 0 Å². The van der Waals surface area contributed by atoms with Gasteiger partial charge < -0.3 is 9.30 Å². The van der Waals surface area contributed by atoms with E-state index in [0.717, 1.165) is 45.6 Å². The van der Waals surface area contributed by atoms with Crippen molar-refractivity contribution in [1.29, 1.82) is 0 Å². The van der Waals surface area contributed by atoms with Gasteiger partial charge in [-0.1, -0.05) is 13.0 Å². The highest BCUT2D eigenvalue weighted by Gasteiger charge is 2.48. The number of likely N-dealkylation sites (tertiary alicyclic amines) is 1. The molecule has 2 saturated heterocycles. The summed E-state index contributed by atoms with van der Waals surface area (Å²) >= 11 is 0. The van der Waals surface area contributed by atoms with E-state index < -0.39 is 0 Å². The van der Waals surface area contributed by atoms with Crippen molar-refractivity contribution in [3.05, 3.63) is 48.3 Å². The molecule has 24 heavy (non-hydrogen) atoms. The maximum absolute atomic E-state index is 6.09. The molecular weight excluding hydrogens is 300 g/mol. The van der Waals surface area contributed by atoms with Crippen molar-refractivity contribution in [3.8, 4) is 0 Å². The number of hydrogen-bond donors (Lipinski definition) is 0. The molecule has 5 heteroatoms. The first-order valence-electron chi connectivity index (χ1n) is 8.99. The Morgan fingerprint density at radius 1 is 1.33 bits per heavy atom. The molecule has 1 spiro atoms. The molecule has 0 aromatic carbocycles. The Kier molecular flexibility index (Phi) is 4.37. The van der Waals surface area contributed by atoms with Crippen molar-refractivity contribution in [3.63, 3.8) is 0 Å². The molecule has 2 aromatic heterocycles. The molecule has 0 saturated carbocycles. The molecule has 2 aromatic rings. The van der Waals surface area contributed by atoms with Gasteiger partial charge in [0.05, 0.1) is 19.3 Å².